The van der Waals surface area contributed by atoms with Crippen LogP contribution in [0.1, 0.15) is 45.1 Å². The van der Waals surface area contributed by atoms with E-state index in [0.717, 1.165) is 11.5 Å². The van der Waals surface area contributed by atoms with E-state index in [0.29, 0.717) is 12.8 Å². The number of ether oxygens (including phenoxy) is 1. The van der Waals surface area contributed by atoms with Crippen molar-refractivity contribution in [2.45, 2.75) is 58.6 Å². The summed E-state index contributed by atoms with van der Waals surface area (Å²) in [5.74, 6) is -0.119. The molecule has 1 atom stereocenters. The van der Waals surface area contributed by atoms with Gasteiger partial charge < -0.3 is 20.1 Å². The Morgan fingerprint density at radius 3 is 2.62 bits per heavy atom. The molecule has 0 aliphatic carbocycles. The molecule has 7 heteroatoms. The minimum atomic E-state index is -0.896. The predicted octanol–water partition coefficient (Wildman–Crippen LogP) is 2.02. The van der Waals surface area contributed by atoms with Crippen molar-refractivity contribution in [1.82, 2.24) is 15.3 Å². The number of nitrogens with zero attached hydrogens (tertiary/aromatic N) is 1. The zero-order valence-electron chi connectivity index (χ0n) is 12.9. The molecular formula is C14H23N3O4. The fraction of sp³-hybridized carbons (Fsp3) is 0.643. The summed E-state index contributed by atoms with van der Waals surface area (Å²) in [6, 6.07) is -0.323. The number of carbonyl (C=O) groups excluding carboxylic acids is 1. The second kappa shape index (κ2) is 7.10. The first-order valence-electron chi connectivity index (χ1n) is 6.87. The third-order valence-corrected chi connectivity index (χ3v) is 2.65. The monoisotopic (exact) mass is 297 g/mol. The average molecular weight is 297 g/mol. The molecule has 1 aromatic rings. The molecule has 1 rings (SSSR count). The smallest absolute Gasteiger partial charge is 0.407 e. The number of nitrogens with one attached hydrogen (secondary N) is 2. The van der Waals surface area contributed by atoms with Gasteiger partial charge in [0.2, 0.25) is 0 Å². The lowest BCUT2D eigenvalue weighted by atomic mass is 10.1. The van der Waals surface area contributed by atoms with Gasteiger partial charge >= 0.3 is 12.1 Å². The number of aryl methyl sites for hydroxylation is 1. The molecule has 21 heavy (non-hydrogen) atoms. The van der Waals surface area contributed by atoms with Crippen LogP contribution in [0.25, 0.3) is 0 Å². The van der Waals surface area contributed by atoms with E-state index in [2.05, 4.69) is 15.3 Å². The highest BCUT2D eigenvalue weighted by Crippen LogP contribution is 2.10. The lowest BCUT2D eigenvalue weighted by Crippen LogP contribution is -2.40. The number of rotatable bonds is 6. The summed E-state index contributed by atoms with van der Waals surface area (Å²) < 4.78 is 5.19. The second-order valence-corrected chi connectivity index (χ2v) is 5.97. The number of carboxylic acid groups (broad SMARTS) is 1. The number of carbonyl (C=O) groups is 2. The topological polar surface area (TPSA) is 104 Å². The molecule has 0 radical (unpaired) electrons. The molecule has 0 aromatic carbocycles. The number of hydrogen-bond acceptors (Lipinski definition) is 4. The van der Waals surface area contributed by atoms with Crippen LogP contribution in [0, 0.1) is 6.92 Å². The number of imidazole rings is 1. The van der Waals surface area contributed by atoms with E-state index in [1.165, 1.54) is 0 Å². The minimum absolute atomic E-state index is 0.0203. The van der Waals surface area contributed by atoms with Crippen LogP contribution in [-0.2, 0) is 16.0 Å². The normalized spacial score (nSPS) is 12.8. The number of alkyl carbamates (subject to hydrolysis) is 1. The molecule has 0 spiro atoms. The third kappa shape index (κ3) is 7.34. The molecular weight excluding hydrogens is 274 g/mol. The Labute approximate surface area is 124 Å². The van der Waals surface area contributed by atoms with Gasteiger partial charge in [-0.3, -0.25) is 4.79 Å². The maximum Gasteiger partial charge on any atom is 0.407 e. The molecule has 0 fully saturated rings. The molecule has 3 N–H and O–H groups in total. The van der Waals surface area contributed by atoms with Crippen molar-refractivity contribution in [3.8, 4) is 0 Å². The number of carboxylic acids is 1. The Morgan fingerprint density at radius 1 is 1.48 bits per heavy atom. The van der Waals surface area contributed by atoms with Gasteiger partial charge in [0.1, 0.15) is 11.4 Å². The molecule has 0 aliphatic rings. The Hall–Kier alpha value is -2.05. The summed E-state index contributed by atoms with van der Waals surface area (Å²) in [5.41, 5.74) is 0.255. The van der Waals surface area contributed by atoms with Gasteiger partial charge in [0.05, 0.1) is 0 Å². The number of aromatic amines is 1. The van der Waals surface area contributed by atoms with Crippen LogP contribution in [0.15, 0.2) is 6.20 Å². The summed E-state index contributed by atoms with van der Waals surface area (Å²) in [5, 5.41) is 11.5. The van der Waals surface area contributed by atoms with Crippen LogP contribution in [0.5, 0.6) is 0 Å². The quantitative estimate of drug-likeness (QED) is 0.745. The molecule has 1 aromatic heterocycles. The summed E-state index contributed by atoms with van der Waals surface area (Å²) >= 11 is 0. The van der Waals surface area contributed by atoms with Crippen LogP contribution in [0.2, 0.25) is 0 Å². The first kappa shape index (κ1) is 17.0. The van der Waals surface area contributed by atoms with E-state index in [1.54, 1.807) is 27.0 Å². The third-order valence-electron chi connectivity index (χ3n) is 2.65. The maximum atomic E-state index is 11.8. The number of aliphatic carboxylic acids is 1. The van der Waals surface area contributed by atoms with Gasteiger partial charge in [-0.2, -0.15) is 0 Å². The Bertz CT molecular complexity index is 491. The van der Waals surface area contributed by atoms with Crippen LogP contribution in [0.4, 0.5) is 4.79 Å². The van der Waals surface area contributed by atoms with E-state index in [9.17, 15) is 9.59 Å². The van der Waals surface area contributed by atoms with Gasteiger partial charge in [0, 0.05) is 30.8 Å². The minimum Gasteiger partial charge on any atom is -0.481 e. The SMILES string of the molecule is Cc1ncc(CC(CCC(=O)O)NC(=O)OC(C)(C)C)[nH]1. The lowest BCUT2D eigenvalue weighted by molar-refractivity contribution is -0.137. The molecule has 0 saturated heterocycles. The fourth-order valence-electron chi connectivity index (χ4n) is 1.84. The predicted molar refractivity (Wildman–Crippen MR) is 77.1 cm³/mol. The van der Waals surface area contributed by atoms with Crippen molar-refractivity contribution >= 4 is 12.1 Å². The number of H-pyrrole nitrogens is 1. The van der Waals surface area contributed by atoms with Gasteiger partial charge in [-0.1, -0.05) is 0 Å². The first-order valence-corrected chi connectivity index (χ1v) is 6.87. The van der Waals surface area contributed by atoms with Crippen molar-refractivity contribution in [2.24, 2.45) is 0 Å². The number of hydrogen-bond donors (Lipinski definition) is 3. The van der Waals surface area contributed by atoms with Gasteiger partial charge in [-0.05, 0) is 34.1 Å². The zero-order valence-corrected chi connectivity index (χ0v) is 12.9. The summed E-state index contributed by atoms with van der Waals surface area (Å²) in [6.45, 7) is 7.16. The lowest BCUT2D eigenvalue weighted by Gasteiger charge is -2.23. The highest BCUT2D eigenvalue weighted by Gasteiger charge is 2.20. The standard InChI is InChI=1S/C14H23N3O4/c1-9-15-8-11(16-9)7-10(5-6-12(18)19)17-13(20)21-14(2,3)4/h8,10H,5-7H2,1-4H3,(H,15,16)(H,17,20)(H,18,19). The summed E-state index contributed by atoms with van der Waals surface area (Å²) in [6.07, 6.45) is 1.92. The van der Waals surface area contributed by atoms with E-state index in [1.807, 2.05) is 6.92 Å². The Kier molecular flexibility index (Phi) is 5.75. The zero-order chi connectivity index (χ0) is 16.0. The van der Waals surface area contributed by atoms with Crippen LogP contribution in [0.3, 0.4) is 0 Å². The van der Waals surface area contributed by atoms with E-state index < -0.39 is 17.7 Å². The van der Waals surface area contributed by atoms with Crippen molar-refractivity contribution in [1.29, 1.82) is 0 Å². The molecule has 118 valence electrons. The first-order chi connectivity index (χ1) is 9.65. The van der Waals surface area contributed by atoms with E-state index in [-0.39, 0.29) is 12.5 Å². The highest BCUT2D eigenvalue weighted by molar-refractivity contribution is 5.69. The van der Waals surface area contributed by atoms with Crippen molar-refractivity contribution in [3.63, 3.8) is 0 Å². The van der Waals surface area contributed by atoms with Crippen molar-refractivity contribution in [2.75, 3.05) is 0 Å². The Morgan fingerprint density at radius 2 is 2.14 bits per heavy atom. The van der Waals surface area contributed by atoms with Crippen LogP contribution < -0.4 is 5.32 Å². The van der Waals surface area contributed by atoms with Gasteiger partial charge in [-0.25, -0.2) is 9.78 Å². The molecule has 0 saturated carbocycles. The van der Waals surface area contributed by atoms with Crippen LogP contribution >= 0.6 is 0 Å². The number of amides is 1. The van der Waals surface area contributed by atoms with E-state index >= 15 is 0 Å². The fourth-order valence-corrected chi connectivity index (χ4v) is 1.84. The largest absolute Gasteiger partial charge is 0.481 e. The highest BCUT2D eigenvalue weighted by atomic mass is 16.6. The molecule has 1 unspecified atom stereocenters. The summed E-state index contributed by atoms with van der Waals surface area (Å²) in [7, 11) is 0. The van der Waals surface area contributed by atoms with Crippen molar-refractivity contribution in [3.05, 3.63) is 17.7 Å². The summed E-state index contributed by atoms with van der Waals surface area (Å²) in [4.78, 5) is 29.7. The molecule has 0 aliphatic heterocycles. The molecule has 1 heterocycles. The average Bonchev–Trinajstić information content (AvgIpc) is 2.69. The van der Waals surface area contributed by atoms with Gasteiger partial charge in [-0.15, -0.1) is 0 Å². The van der Waals surface area contributed by atoms with E-state index in [4.69, 9.17) is 9.84 Å². The van der Waals surface area contributed by atoms with Gasteiger partial charge in [0.25, 0.3) is 0 Å². The Balaban J connectivity index is 2.63. The molecule has 1 amide bonds. The van der Waals surface area contributed by atoms with Crippen molar-refractivity contribution < 1.29 is 19.4 Å². The molecule has 7 nitrogen and oxygen atoms in total. The maximum absolute atomic E-state index is 11.8. The van der Waals surface area contributed by atoms with Crippen LogP contribution in [-0.4, -0.2) is 38.8 Å². The molecule has 0 bridgehead atoms. The number of aromatic nitrogens is 2. The second-order valence-electron chi connectivity index (χ2n) is 5.97. The van der Waals surface area contributed by atoms with Gasteiger partial charge in [0.15, 0.2) is 0 Å².